The minimum absolute atomic E-state index is 0.0681. The van der Waals surface area contributed by atoms with Crippen molar-refractivity contribution in [2.24, 2.45) is 0 Å². The first kappa shape index (κ1) is 23.2. The smallest absolute Gasteiger partial charge is 0.228 e. The van der Waals surface area contributed by atoms with Crippen molar-refractivity contribution in [3.05, 3.63) is 95.2 Å². The highest BCUT2D eigenvalue weighted by molar-refractivity contribution is 7.99. The van der Waals surface area contributed by atoms with Crippen molar-refractivity contribution in [2.75, 3.05) is 24.4 Å². The van der Waals surface area contributed by atoms with Gasteiger partial charge in [-0.05, 0) is 48.3 Å². The van der Waals surface area contributed by atoms with Crippen molar-refractivity contribution in [1.29, 1.82) is 0 Å². The molecule has 4 rings (SSSR count). The fourth-order valence-electron chi connectivity index (χ4n) is 3.81. The molecule has 1 aliphatic heterocycles. The lowest BCUT2D eigenvalue weighted by Crippen LogP contribution is -2.13. The first-order valence-corrected chi connectivity index (χ1v) is 13.1. The highest BCUT2D eigenvalue weighted by Crippen LogP contribution is 2.38. The van der Waals surface area contributed by atoms with E-state index < -0.39 is 0 Å². The number of amides is 1. The Hall–Kier alpha value is -2.96. The molecule has 0 saturated carbocycles. The summed E-state index contributed by atoms with van der Waals surface area (Å²) in [4.78, 5) is 18.4. The summed E-state index contributed by atoms with van der Waals surface area (Å²) in [6.45, 7) is 2.44. The van der Waals surface area contributed by atoms with Gasteiger partial charge in [0.2, 0.25) is 5.91 Å². The second kappa shape index (κ2) is 10.8. The molecule has 0 radical (unpaired) electrons. The second-order valence-electron chi connectivity index (χ2n) is 7.56. The van der Waals surface area contributed by atoms with Crippen molar-refractivity contribution in [3.63, 3.8) is 0 Å². The molecule has 1 aromatic heterocycles. The molecule has 0 bridgehead atoms. The molecule has 0 unspecified atom stereocenters. The van der Waals surface area contributed by atoms with Crippen LogP contribution >= 0.6 is 23.5 Å². The van der Waals surface area contributed by atoms with E-state index in [9.17, 15) is 4.79 Å². The Morgan fingerprint density at radius 3 is 2.61 bits per heavy atom. The molecule has 1 amide bonds. The zero-order valence-electron chi connectivity index (χ0n) is 18.9. The molecule has 33 heavy (non-hydrogen) atoms. The maximum Gasteiger partial charge on any atom is 0.228 e. The topological polar surface area (TPSA) is 51.2 Å². The van der Waals surface area contributed by atoms with Crippen molar-refractivity contribution in [2.45, 2.75) is 23.3 Å². The number of rotatable bonds is 7. The third-order valence-corrected chi connectivity index (χ3v) is 6.75. The molecule has 0 spiro atoms. The van der Waals surface area contributed by atoms with Gasteiger partial charge in [0.1, 0.15) is 17.4 Å². The van der Waals surface area contributed by atoms with Crippen molar-refractivity contribution >= 4 is 40.7 Å². The van der Waals surface area contributed by atoms with Crippen LogP contribution in [0, 0.1) is 6.92 Å². The molecule has 3 aromatic rings. The number of aromatic nitrogens is 1. The van der Waals surface area contributed by atoms with E-state index in [2.05, 4.69) is 28.5 Å². The number of hydrogen-bond acceptors (Lipinski definition) is 5. The number of hydrogen-bond donors (Lipinski definition) is 1. The summed E-state index contributed by atoms with van der Waals surface area (Å²) in [7, 11) is 0. The average Bonchev–Trinajstić information content (AvgIpc) is 2.85. The second-order valence-corrected chi connectivity index (χ2v) is 9.20. The van der Waals surface area contributed by atoms with E-state index >= 15 is 0 Å². The molecule has 0 atom stereocenters. The molecular formula is C27H26N2O2S2. The molecular weight excluding hydrogens is 448 g/mol. The first-order valence-electron chi connectivity index (χ1n) is 10.7. The van der Waals surface area contributed by atoms with Gasteiger partial charge >= 0.3 is 0 Å². The van der Waals surface area contributed by atoms with Crippen molar-refractivity contribution in [3.8, 4) is 5.75 Å². The van der Waals surface area contributed by atoms with Crippen LogP contribution in [-0.4, -0.2) is 30.0 Å². The standard InChI is InChI=1S/C27H26N2O2S2/c1-18-16-23(32-2)26(27(28-18)33-3)29-24(30)15-9-12-20-17-31-22-14-8-7-13-21(22)25(20)19-10-5-4-6-11-19/h4-14,16H,15,17H2,1-3H3,(H,29,30). The number of pyridine rings is 1. The van der Waals surface area contributed by atoms with Crippen LogP contribution in [0.2, 0.25) is 0 Å². The number of benzene rings is 2. The Balaban J connectivity index is 1.57. The van der Waals surface area contributed by atoms with Crippen LogP contribution in [0.4, 0.5) is 5.69 Å². The van der Waals surface area contributed by atoms with Crippen LogP contribution in [-0.2, 0) is 4.79 Å². The predicted molar refractivity (Wildman–Crippen MR) is 139 cm³/mol. The van der Waals surface area contributed by atoms with Crippen LogP contribution in [0.25, 0.3) is 5.57 Å². The molecule has 168 valence electrons. The van der Waals surface area contributed by atoms with Crippen molar-refractivity contribution < 1.29 is 9.53 Å². The number of thioether (sulfide) groups is 2. The Morgan fingerprint density at radius 1 is 1.09 bits per heavy atom. The number of aryl methyl sites for hydroxylation is 1. The van der Waals surface area contributed by atoms with E-state index in [0.29, 0.717) is 6.61 Å². The van der Waals surface area contributed by atoms with Crippen molar-refractivity contribution in [1.82, 2.24) is 4.98 Å². The molecule has 6 heteroatoms. The lowest BCUT2D eigenvalue weighted by molar-refractivity contribution is -0.115. The summed E-state index contributed by atoms with van der Waals surface area (Å²) < 4.78 is 5.99. The number of carbonyl (C=O) groups is 1. The maximum atomic E-state index is 12.8. The fourth-order valence-corrected chi connectivity index (χ4v) is 5.12. The largest absolute Gasteiger partial charge is 0.488 e. The van der Waals surface area contributed by atoms with E-state index in [1.807, 2.05) is 74.1 Å². The third-order valence-electron chi connectivity index (χ3n) is 5.30. The van der Waals surface area contributed by atoms with E-state index in [1.54, 1.807) is 11.8 Å². The van der Waals surface area contributed by atoms with E-state index in [-0.39, 0.29) is 12.3 Å². The molecule has 0 fully saturated rings. The Bertz CT molecular complexity index is 1190. The predicted octanol–water partition coefficient (Wildman–Crippen LogP) is 6.61. The highest BCUT2D eigenvalue weighted by atomic mass is 32.2. The van der Waals surface area contributed by atoms with E-state index in [0.717, 1.165) is 49.3 Å². The van der Waals surface area contributed by atoms with Gasteiger partial charge in [0.25, 0.3) is 0 Å². The summed E-state index contributed by atoms with van der Waals surface area (Å²) >= 11 is 3.15. The highest BCUT2D eigenvalue weighted by Gasteiger charge is 2.20. The SMILES string of the molecule is CSc1cc(C)nc(SC)c1NC(=O)CC=CC1=C(c2ccccc2)c2ccccc2OC1. The number of nitrogens with one attached hydrogen (secondary N) is 1. The molecule has 0 aliphatic carbocycles. The van der Waals surface area contributed by atoms with Crippen LogP contribution in [0.1, 0.15) is 23.2 Å². The van der Waals surface area contributed by atoms with Crippen LogP contribution < -0.4 is 10.1 Å². The number of carbonyl (C=O) groups excluding carboxylic acids is 1. The normalized spacial score (nSPS) is 13.1. The fraction of sp³-hybridized carbons (Fsp3) is 0.185. The quantitative estimate of drug-likeness (QED) is 0.390. The monoisotopic (exact) mass is 474 g/mol. The Kier molecular flexibility index (Phi) is 7.57. The first-order chi connectivity index (χ1) is 16.1. The number of para-hydroxylation sites is 1. The summed E-state index contributed by atoms with van der Waals surface area (Å²) in [6.07, 6.45) is 8.16. The number of fused-ring (bicyclic) bond motifs is 1. The number of ether oxygens (including phenoxy) is 1. The summed E-state index contributed by atoms with van der Waals surface area (Å²) in [6, 6.07) is 20.4. The summed E-state index contributed by atoms with van der Waals surface area (Å²) in [5.41, 5.74) is 6.14. The van der Waals surface area contributed by atoms with Gasteiger partial charge in [-0.2, -0.15) is 0 Å². The summed E-state index contributed by atoms with van der Waals surface area (Å²) in [5, 5.41) is 3.90. The molecule has 0 saturated heterocycles. The van der Waals surface area contributed by atoms with Gasteiger partial charge in [0, 0.05) is 22.6 Å². The third kappa shape index (κ3) is 5.34. The van der Waals surface area contributed by atoms with Gasteiger partial charge in [-0.1, -0.05) is 60.7 Å². The van der Waals surface area contributed by atoms with Crippen LogP contribution in [0.5, 0.6) is 5.75 Å². The van der Waals surface area contributed by atoms with Crippen LogP contribution in [0.3, 0.4) is 0 Å². The van der Waals surface area contributed by atoms with Crippen LogP contribution in [0.15, 0.2) is 88.3 Å². The van der Waals surface area contributed by atoms with E-state index in [1.165, 1.54) is 11.8 Å². The summed E-state index contributed by atoms with van der Waals surface area (Å²) in [5.74, 6) is 0.814. The maximum absolute atomic E-state index is 12.8. The van der Waals surface area contributed by atoms with Gasteiger partial charge in [0.15, 0.2) is 0 Å². The molecule has 4 nitrogen and oxygen atoms in total. The molecule has 1 aliphatic rings. The number of nitrogens with zero attached hydrogens (tertiary/aromatic N) is 1. The van der Waals surface area contributed by atoms with Gasteiger partial charge in [0.05, 0.1) is 5.69 Å². The minimum atomic E-state index is -0.0681. The zero-order valence-corrected chi connectivity index (χ0v) is 20.6. The minimum Gasteiger partial charge on any atom is -0.488 e. The average molecular weight is 475 g/mol. The van der Waals surface area contributed by atoms with E-state index in [4.69, 9.17) is 4.74 Å². The number of anilines is 1. The van der Waals surface area contributed by atoms with Gasteiger partial charge in [-0.15, -0.1) is 23.5 Å². The Morgan fingerprint density at radius 2 is 1.85 bits per heavy atom. The molecule has 2 heterocycles. The van der Waals surface area contributed by atoms with Gasteiger partial charge in [-0.25, -0.2) is 4.98 Å². The molecule has 1 N–H and O–H groups in total. The lowest BCUT2D eigenvalue weighted by Gasteiger charge is -2.23. The molecule has 2 aromatic carbocycles. The Labute approximate surface area is 203 Å². The van der Waals surface area contributed by atoms with Gasteiger partial charge < -0.3 is 10.1 Å². The lowest BCUT2D eigenvalue weighted by atomic mass is 9.90. The zero-order chi connectivity index (χ0) is 23.2. The van der Waals surface area contributed by atoms with Gasteiger partial charge in [-0.3, -0.25) is 4.79 Å².